The van der Waals surface area contributed by atoms with Crippen LogP contribution in [0, 0.1) is 6.92 Å². The molecular weight excluding hydrogens is 156 g/mol. The molecule has 0 radical (unpaired) electrons. The van der Waals surface area contributed by atoms with E-state index in [2.05, 4.69) is 26.0 Å². The van der Waals surface area contributed by atoms with Crippen LogP contribution in [0.15, 0.2) is 18.2 Å². The monoisotopic (exact) mass is 168 g/mol. The first kappa shape index (κ1) is 8.61. The summed E-state index contributed by atoms with van der Waals surface area (Å²) in [5, 5.41) is 0.846. The van der Waals surface area contributed by atoms with Gasteiger partial charge in [-0.05, 0) is 36.6 Å². The number of hydrogen-bond donors (Lipinski definition) is 0. The Balaban J connectivity index is 2.93. The van der Waals surface area contributed by atoms with Gasteiger partial charge in [-0.25, -0.2) is 0 Å². The molecule has 1 heteroatoms. The highest BCUT2D eigenvalue weighted by atomic mass is 35.5. The summed E-state index contributed by atoms with van der Waals surface area (Å²) in [5.74, 6) is 0. The summed E-state index contributed by atoms with van der Waals surface area (Å²) in [6, 6.07) is 6.07. The average molecular weight is 169 g/mol. The van der Waals surface area contributed by atoms with Crippen molar-refractivity contribution in [2.24, 2.45) is 0 Å². The first-order valence-corrected chi connectivity index (χ1v) is 4.37. The maximum absolute atomic E-state index is 5.85. The molecule has 0 atom stereocenters. The number of benzene rings is 1. The van der Waals surface area contributed by atoms with Crippen LogP contribution in [0.3, 0.4) is 0 Å². The molecule has 0 aliphatic rings. The SMILES string of the molecule is CCCc1cc(Cl)ccc1C. The zero-order chi connectivity index (χ0) is 8.27. The van der Waals surface area contributed by atoms with E-state index in [1.807, 2.05) is 6.07 Å². The molecule has 0 spiro atoms. The minimum Gasteiger partial charge on any atom is -0.0843 e. The third-order valence-corrected chi connectivity index (χ3v) is 2.07. The van der Waals surface area contributed by atoms with Crippen LogP contribution in [0.25, 0.3) is 0 Å². The van der Waals surface area contributed by atoms with Crippen molar-refractivity contribution in [1.82, 2.24) is 0 Å². The van der Waals surface area contributed by atoms with E-state index in [0.29, 0.717) is 0 Å². The Kier molecular flexibility index (Phi) is 2.95. The second-order valence-electron chi connectivity index (χ2n) is 2.82. The Bertz CT molecular complexity index is 241. The van der Waals surface area contributed by atoms with Crippen molar-refractivity contribution in [3.63, 3.8) is 0 Å². The van der Waals surface area contributed by atoms with E-state index in [1.54, 1.807) is 0 Å². The van der Waals surface area contributed by atoms with Gasteiger partial charge in [0.2, 0.25) is 0 Å². The van der Waals surface area contributed by atoms with Gasteiger partial charge in [0, 0.05) is 5.02 Å². The summed E-state index contributed by atoms with van der Waals surface area (Å²) < 4.78 is 0. The minimum absolute atomic E-state index is 0.846. The lowest BCUT2D eigenvalue weighted by Crippen LogP contribution is -1.87. The first-order valence-electron chi connectivity index (χ1n) is 3.99. The molecule has 1 aromatic carbocycles. The molecule has 0 aliphatic carbocycles. The van der Waals surface area contributed by atoms with E-state index in [-0.39, 0.29) is 0 Å². The summed E-state index contributed by atoms with van der Waals surface area (Å²) in [7, 11) is 0. The second kappa shape index (κ2) is 3.77. The topological polar surface area (TPSA) is 0 Å². The predicted molar refractivity (Wildman–Crippen MR) is 50.2 cm³/mol. The fourth-order valence-corrected chi connectivity index (χ4v) is 1.37. The zero-order valence-electron chi connectivity index (χ0n) is 7.02. The molecule has 0 aromatic heterocycles. The molecule has 0 saturated heterocycles. The summed E-state index contributed by atoms with van der Waals surface area (Å²) in [6.45, 7) is 4.31. The molecular formula is C10H13Cl. The Morgan fingerprint density at radius 3 is 2.73 bits per heavy atom. The quantitative estimate of drug-likeness (QED) is 0.633. The molecule has 1 aromatic rings. The highest BCUT2D eigenvalue weighted by molar-refractivity contribution is 6.30. The molecule has 0 unspecified atom stereocenters. The summed E-state index contributed by atoms with van der Waals surface area (Å²) >= 11 is 5.85. The van der Waals surface area contributed by atoms with Gasteiger partial charge >= 0.3 is 0 Å². The third kappa shape index (κ3) is 2.23. The largest absolute Gasteiger partial charge is 0.0843 e. The van der Waals surface area contributed by atoms with E-state index < -0.39 is 0 Å². The van der Waals surface area contributed by atoms with E-state index in [1.165, 1.54) is 17.5 Å². The number of rotatable bonds is 2. The Labute approximate surface area is 73.2 Å². The predicted octanol–water partition coefficient (Wildman–Crippen LogP) is 3.60. The van der Waals surface area contributed by atoms with Crippen molar-refractivity contribution in [3.05, 3.63) is 34.3 Å². The Morgan fingerprint density at radius 1 is 1.36 bits per heavy atom. The highest BCUT2D eigenvalue weighted by Crippen LogP contribution is 2.16. The van der Waals surface area contributed by atoms with Crippen molar-refractivity contribution in [2.75, 3.05) is 0 Å². The van der Waals surface area contributed by atoms with E-state index in [0.717, 1.165) is 11.4 Å². The van der Waals surface area contributed by atoms with Gasteiger partial charge in [-0.2, -0.15) is 0 Å². The molecule has 1 rings (SSSR count). The van der Waals surface area contributed by atoms with Gasteiger partial charge in [0.25, 0.3) is 0 Å². The number of halogens is 1. The van der Waals surface area contributed by atoms with Crippen LogP contribution in [-0.2, 0) is 6.42 Å². The van der Waals surface area contributed by atoms with Gasteiger partial charge in [0.15, 0.2) is 0 Å². The van der Waals surface area contributed by atoms with Gasteiger partial charge in [0.05, 0.1) is 0 Å². The minimum atomic E-state index is 0.846. The number of aryl methyl sites for hydroxylation is 2. The smallest absolute Gasteiger partial charge is 0.0408 e. The fourth-order valence-electron chi connectivity index (χ4n) is 1.18. The van der Waals surface area contributed by atoms with Crippen LogP contribution in [0.2, 0.25) is 5.02 Å². The molecule has 0 aliphatic heterocycles. The van der Waals surface area contributed by atoms with Crippen LogP contribution >= 0.6 is 11.6 Å². The molecule has 0 saturated carbocycles. The van der Waals surface area contributed by atoms with Crippen LogP contribution < -0.4 is 0 Å². The lowest BCUT2D eigenvalue weighted by Gasteiger charge is -2.03. The molecule has 0 amide bonds. The Morgan fingerprint density at radius 2 is 2.09 bits per heavy atom. The maximum atomic E-state index is 5.85. The van der Waals surface area contributed by atoms with E-state index >= 15 is 0 Å². The molecule has 11 heavy (non-hydrogen) atoms. The fraction of sp³-hybridized carbons (Fsp3) is 0.400. The normalized spacial score (nSPS) is 10.1. The van der Waals surface area contributed by atoms with Gasteiger partial charge < -0.3 is 0 Å². The lowest BCUT2D eigenvalue weighted by molar-refractivity contribution is 0.913. The van der Waals surface area contributed by atoms with E-state index in [9.17, 15) is 0 Å². The summed E-state index contributed by atoms with van der Waals surface area (Å²) in [5.41, 5.74) is 2.72. The average Bonchev–Trinajstić information content (AvgIpc) is 1.98. The molecule has 0 heterocycles. The van der Waals surface area contributed by atoms with E-state index in [4.69, 9.17) is 11.6 Å². The standard InChI is InChI=1S/C10H13Cl/c1-3-4-9-7-10(11)6-5-8(9)2/h5-7H,3-4H2,1-2H3. The van der Waals surface area contributed by atoms with Crippen molar-refractivity contribution in [3.8, 4) is 0 Å². The first-order chi connectivity index (χ1) is 5.24. The molecule has 0 nitrogen and oxygen atoms in total. The number of hydrogen-bond acceptors (Lipinski definition) is 0. The summed E-state index contributed by atoms with van der Waals surface area (Å²) in [4.78, 5) is 0. The molecule has 0 bridgehead atoms. The van der Waals surface area contributed by atoms with Gasteiger partial charge in [-0.1, -0.05) is 31.0 Å². The van der Waals surface area contributed by atoms with Crippen molar-refractivity contribution < 1.29 is 0 Å². The van der Waals surface area contributed by atoms with Crippen LogP contribution in [0.1, 0.15) is 24.5 Å². The molecule has 0 N–H and O–H groups in total. The van der Waals surface area contributed by atoms with Gasteiger partial charge in [0.1, 0.15) is 0 Å². The highest BCUT2D eigenvalue weighted by Gasteiger charge is 1.96. The third-order valence-electron chi connectivity index (χ3n) is 1.83. The van der Waals surface area contributed by atoms with Crippen molar-refractivity contribution >= 4 is 11.6 Å². The zero-order valence-corrected chi connectivity index (χ0v) is 7.78. The van der Waals surface area contributed by atoms with Crippen molar-refractivity contribution in [2.45, 2.75) is 26.7 Å². The van der Waals surface area contributed by atoms with Crippen molar-refractivity contribution in [1.29, 1.82) is 0 Å². The van der Waals surface area contributed by atoms with Gasteiger partial charge in [-0.3, -0.25) is 0 Å². The maximum Gasteiger partial charge on any atom is 0.0408 e. The van der Waals surface area contributed by atoms with Crippen LogP contribution in [0.4, 0.5) is 0 Å². The second-order valence-corrected chi connectivity index (χ2v) is 3.26. The molecule has 60 valence electrons. The van der Waals surface area contributed by atoms with Gasteiger partial charge in [-0.15, -0.1) is 0 Å². The van der Waals surface area contributed by atoms with Crippen LogP contribution in [-0.4, -0.2) is 0 Å². The van der Waals surface area contributed by atoms with Crippen LogP contribution in [0.5, 0.6) is 0 Å². The lowest BCUT2D eigenvalue weighted by atomic mass is 10.1. The molecule has 0 fully saturated rings. The summed E-state index contributed by atoms with van der Waals surface area (Å²) in [6.07, 6.45) is 2.31. The Hall–Kier alpha value is -0.490.